The SMILES string of the molecule is O=C(O)C1Cc2ccccc2N(C(=O)c2cnc[nH]2)C1. The van der Waals surface area contributed by atoms with E-state index in [-0.39, 0.29) is 12.5 Å². The normalized spacial score (nSPS) is 17.6. The van der Waals surface area contributed by atoms with Crippen molar-refractivity contribution in [3.8, 4) is 0 Å². The first-order valence-electron chi connectivity index (χ1n) is 6.28. The van der Waals surface area contributed by atoms with E-state index >= 15 is 0 Å². The minimum atomic E-state index is -0.887. The molecule has 0 spiro atoms. The zero-order chi connectivity index (χ0) is 14.1. The quantitative estimate of drug-likeness (QED) is 0.862. The average Bonchev–Trinajstić information content (AvgIpc) is 2.99. The van der Waals surface area contributed by atoms with Gasteiger partial charge in [0.25, 0.3) is 5.91 Å². The van der Waals surface area contributed by atoms with Crippen LogP contribution in [0.1, 0.15) is 16.1 Å². The van der Waals surface area contributed by atoms with Crippen LogP contribution >= 0.6 is 0 Å². The largest absolute Gasteiger partial charge is 0.481 e. The van der Waals surface area contributed by atoms with E-state index in [1.165, 1.54) is 17.4 Å². The molecule has 2 N–H and O–H groups in total. The first-order chi connectivity index (χ1) is 9.66. The lowest BCUT2D eigenvalue weighted by molar-refractivity contribution is -0.141. The summed E-state index contributed by atoms with van der Waals surface area (Å²) in [5.74, 6) is -1.74. The number of hydrogen-bond donors (Lipinski definition) is 2. The van der Waals surface area contributed by atoms with Crippen molar-refractivity contribution in [3.05, 3.63) is 48.0 Å². The van der Waals surface area contributed by atoms with Gasteiger partial charge in [0.05, 0.1) is 18.4 Å². The van der Waals surface area contributed by atoms with Crippen molar-refractivity contribution in [2.24, 2.45) is 5.92 Å². The number of amides is 1. The molecule has 1 amide bonds. The molecular formula is C14H13N3O3. The van der Waals surface area contributed by atoms with Gasteiger partial charge in [-0.1, -0.05) is 18.2 Å². The van der Waals surface area contributed by atoms with E-state index in [4.69, 9.17) is 0 Å². The Hall–Kier alpha value is -2.63. The van der Waals surface area contributed by atoms with Gasteiger partial charge >= 0.3 is 5.97 Å². The Labute approximate surface area is 115 Å². The third kappa shape index (κ3) is 2.05. The van der Waals surface area contributed by atoms with Crippen LogP contribution in [0.2, 0.25) is 0 Å². The predicted octanol–water partition coefficient (Wildman–Crippen LogP) is 1.31. The number of aliphatic carboxylic acids is 1. The Balaban J connectivity index is 2.01. The van der Waals surface area contributed by atoms with E-state index in [2.05, 4.69) is 9.97 Å². The fourth-order valence-electron chi connectivity index (χ4n) is 2.47. The maximum atomic E-state index is 12.5. The summed E-state index contributed by atoms with van der Waals surface area (Å²) >= 11 is 0. The van der Waals surface area contributed by atoms with Gasteiger partial charge in [-0.25, -0.2) is 4.98 Å². The molecule has 1 aliphatic heterocycles. The number of imidazole rings is 1. The van der Waals surface area contributed by atoms with Crippen molar-refractivity contribution in [2.75, 3.05) is 11.4 Å². The highest BCUT2D eigenvalue weighted by Crippen LogP contribution is 2.30. The Morgan fingerprint density at radius 2 is 2.15 bits per heavy atom. The standard InChI is InChI=1S/C14H13N3O3/c18-13(11-6-15-8-16-11)17-7-10(14(19)20)5-9-3-1-2-4-12(9)17/h1-4,6,8,10H,5,7H2,(H,15,16)(H,19,20). The molecule has 1 atom stereocenters. The lowest BCUT2D eigenvalue weighted by Gasteiger charge is -2.32. The van der Waals surface area contributed by atoms with Gasteiger partial charge in [0, 0.05) is 12.2 Å². The summed E-state index contributed by atoms with van der Waals surface area (Å²) in [6.45, 7) is 0.171. The molecule has 0 saturated carbocycles. The molecule has 20 heavy (non-hydrogen) atoms. The molecule has 1 aliphatic rings. The van der Waals surface area contributed by atoms with E-state index in [1.54, 1.807) is 0 Å². The number of carbonyl (C=O) groups excluding carboxylic acids is 1. The van der Waals surface area contributed by atoms with Gasteiger partial charge in [0.15, 0.2) is 0 Å². The minimum absolute atomic E-state index is 0.171. The van der Waals surface area contributed by atoms with Gasteiger partial charge in [-0.15, -0.1) is 0 Å². The minimum Gasteiger partial charge on any atom is -0.481 e. The number of fused-ring (bicyclic) bond motifs is 1. The number of H-pyrrole nitrogens is 1. The van der Waals surface area contributed by atoms with E-state index in [0.717, 1.165) is 11.3 Å². The van der Waals surface area contributed by atoms with Crippen LogP contribution in [-0.2, 0) is 11.2 Å². The number of anilines is 1. The molecule has 0 bridgehead atoms. The molecule has 0 aliphatic carbocycles. The number of carbonyl (C=O) groups is 2. The topological polar surface area (TPSA) is 86.3 Å². The Kier molecular flexibility index (Phi) is 2.98. The lowest BCUT2D eigenvalue weighted by Crippen LogP contribution is -2.42. The molecule has 0 radical (unpaired) electrons. The zero-order valence-corrected chi connectivity index (χ0v) is 10.6. The van der Waals surface area contributed by atoms with Crippen molar-refractivity contribution in [2.45, 2.75) is 6.42 Å². The lowest BCUT2D eigenvalue weighted by atomic mass is 9.92. The Bertz CT molecular complexity index is 651. The highest BCUT2D eigenvalue weighted by atomic mass is 16.4. The fourth-order valence-corrected chi connectivity index (χ4v) is 2.47. The smallest absolute Gasteiger partial charge is 0.308 e. The second kappa shape index (κ2) is 4.80. The van der Waals surface area contributed by atoms with Gasteiger partial charge < -0.3 is 15.0 Å². The Morgan fingerprint density at radius 3 is 2.85 bits per heavy atom. The summed E-state index contributed by atoms with van der Waals surface area (Å²) in [4.78, 5) is 31.8. The summed E-state index contributed by atoms with van der Waals surface area (Å²) in [6.07, 6.45) is 3.31. The summed E-state index contributed by atoms with van der Waals surface area (Å²) in [7, 11) is 0. The number of nitrogens with one attached hydrogen (secondary N) is 1. The second-order valence-corrected chi connectivity index (χ2v) is 4.75. The van der Waals surface area contributed by atoms with E-state index in [9.17, 15) is 14.7 Å². The zero-order valence-electron chi connectivity index (χ0n) is 10.6. The van der Waals surface area contributed by atoms with Crippen LogP contribution in [0.4, 0.5) is 5.69 Å². The van der Waals surface area contributed by atoms with Crippen LogP contribution in [0.5, 0.6) is 0 Å². The highest BCUT2D eigenvalue weighted by molar-refractivity contribution is 6.05. The van der Waals surface area contributed by atoms with Gasteiger partial charge in [-0.05, 0) is 18.1 Å². The van der Waals surface area contributed by atoms with Crippen LogP contribution in [0.3, 0.4) is 0 Å². The first kappa shape index (κ1) is 12.4. The molecular weight excluding hydrogens is 258 g/mol. The van der Waals surface area contributed by atoms with Gasteiger partial charge in [-0.3, -0.25) is 9.59 Å². The monoisotopic (exact) mass is 271 g/mol. The number of aromatic nitrogens is 2. The number of benzene rings is 1. The molecule has 1 unspecified atom stereocenters. The van der Waals surface area contributed by atoms with Crippen molar-refractivity contribution in [3.63, 3.8) is 0 Å². The van der Waals surface area contributed by atoms with Crippen LogP contribution in [-0.4, -0.2) is 33.5 Å². The van der Waals surface area contributed by atoms with E-state index in [0.29, 0.717) is 12.1 Å². The molecule has 3 rings (SSSR count). The van der Waals surface area contributed by atoms with Crippen molar-refractivity contribution in [1.29, 1.82) is 0 Å². The number of hydrogen-bond acceptors (Lipinski definition) is 3. The number of rotatable bonds is 2. The van der Waals surface area contributed by atoms with Gasteiger partial charge in [-0.2, -0.15) is 0 Å². The van der Waals surface area contributed by atoms with Gasteiger partial charge in [0.1, 0.15) is 5.69 Å². The number of aromatic amines is 1. The molecule has 6 nitrogen and oxygen atoms in total. The maximum Gasteiger partial charge on any atom is 0.308 e. The predicted molar refractivity (Wildman–Crippen MR) is 71.5 cm³/mol. The van der Waals surface area contributed by atoms with Crippen LogP contribution in [0.15, 0.2) is 36.8 Å². The van der Waals surface area contributed by atoms with Crippen LogP contribution < -0.4 is 4.90 Å². The molecule has 102 valence electrons. The summed E-state index contributed by atoms with van der Waals surface area (Å²) in [5.41, 5.74) is 1.99. The third-order valence-electron chi connectivity index (χ3n) is 3.47. The van der Waals surface area contributed by atoms with E-state index < -0.39 is 11.9 Å². The molecule has 6 heteroatoms. The number of carboxylic acid groups (broad SMARTS) is 1. The molecule has 0 saturated heterocycles. The van der Waals surface area contributed by atoms with E-state index in [1.807, 2.05) is 24.3 Å². The number of nitrogens with zero attached hydrogens (tertiary/aromatic N) is 2. The van der Waals surface area contributed by atoms with Crippen LogP contribution in [0.25, 0.3) is 0 Å². The van der Waals surface area contributed by atoms with Crippen molar-refractivity contribution in [1.82, 2.24) is 9.97 Å². The van der Waals surface area contributed by atoms with Crippen molar-refractivity contribution >= 4 is 17.6 Å². The van der Waals surface area contributed by atoms with Gasteiger partial charge in [0.2, 0.25) is 0 Å². The Morgan fingerprint density at radius 1 is 1.35 bits per heavy atom. The molecule has 2 heterocycles. The fraction of sp³-hybridized carbons (Fsp3) is 0.214. The average molecular weight is 271 g/mol. The third-order valence-corrected chi connectivity index (χ3v) is 3.47. The highest BCUT2D eigenvalue weighted by Gasteiger charge is 2.32. The molecule has 1 aromatic heterocycles. The first-order valence-corrected chi connectivity index (χ1v) is 6.28. The maximum absolute atomic E-state index is 12.5. The second-order valence-electron chi connectivity index (χ2n) is 4.75. The molecule has 2 aromatic rings. The number of para-hydroxylation sites is 1. The molecule has 1 aromatic carbocycles. The summed E-state index contributed by atoms with van der Waals surface area (Å²) in [5, 5.41) is 9.24. The summed E-state index contributed by atoms with van der Waals surface area (Å²) < 4.78 is 0. The van der Waals surface area contributed by atoms with Crippen molar-refractivity contribution < 1.29 is 14.7 Å². The summed E-state index contributed by atoms with van der Waals surface area (Å²) in [6, 6.07) is 7.38. The van der Waals surface area contributed by atoms with Crippen LogP contribution in [0, 0.1) is 5.92 Å². The number of carboxylic acids is 1. The molecule has 0 fully saturated rings.